The van der Waals surface area contributed by atoms with E-state index in [-0.39, 0.29) is 36.8 Å². The molecule has 3 aromatic rings. The van der Waals surface area contributed by atoms with Gasteiger partial charge in [0, 0.05) is 23.9 Å². The topological polar surface area (TPSA) is 272 Å². The molecule has 306 valence electrons. The van der Waals surface area contributed by atoms with E-state index < -0.39 is 107 Å². The number of carbonyl (C=O) groups is 2. The van der Waals surface area contributed by atoms with E-state index in [2.05, 4.69) is 0 Å². The van der Waals surface area contributed by atoms with Gasteiger partial charge in [-0.15, -0.1) is 11.3 Å². The molecule has 30 heteroatoms. The third kappa shape index (κ3) is 13.4. The SMILES string of the molecule is NCCOc1cc2sc(S(=O)(=O)NCP(=O)(O)Oc3ccccc3)c(F)c2c(S(=O)(=O)C(F)(F)F)c1OCCN.O=C(O)C(F)(F)F.O=C(O)C(F)(F)F. The van der Waals surface area contributed by atoms with Gasteiger partial charge in [-0.2, -0.15) is 44.2 Å². The van der Waals surface area contributed by atoms with Crippen molar-refractivity contribution < 1.29 is 104 Å². The van der Waals surface area contributed by atoms with Crippen LogP contribution in [0.15, 0.2) is 45.5 Å². The Bertz CT molecular complexity index is 2020. The molecular weight excluding hydrogens is 855 g/mol. The lowest BCUT2D eigenvalue weighted by molar-refractivity contribution is -0.193. The Kier molecular flexibility index (Phi) is 16.5. The number of rotatable bonds is 13. The number of hydrogen-bond donors (Lipinski definition) is 6. The molecule has 3 rings (SSSR count). The Morgan fingerprint density at radius 2 is 1.31 bits per heavy atom. The standard InChI is InChI=1S/C20H22F4N3O9PS3.2C2HF3O2/c21-16-15-14(38-19(16)40(32,33)27-11-37(28,29)36-12-4-2-1-3-5-12)10-13(34-8-6-25)17(35-9-7-26)18(15)39(30,31)20(22,23)24;2*3-2(4,5)1(6)7/h1-5,10,27H,6-9,11,25-26H2,(H,28,29);2*(H,6,7). The highest BCUT2D eigenvalue weighted by Gasteiger charge is 2.51. The van der Waals surface area contributed by atoms with Gasteiger partial charge in [0.1, 0.15) is 30.1 Å². The molecule has 0 spiro atoms. The molecule has 0 aliphatic carbocycles. The van der Waals surface area contributed by atoms with Crippen molar-refractivity contribution in [3.05, 3.63) is 42.2 Å². The number of alkyl halides is 9. The first-order valence-electron chi connectivity index (χ1n) is 13.4. The van der Waals surface area contributed by atoms with Gasteiger partial charge in [0.25, 0.3) is 19.9 Å². The predicted octanol–water partition coefficient (Wildman–Crippen LogP) is 3.78. The summed E-state index contributed by atoms with van der Waals surface area (Å²) in [6.07, 6.45) is -11.4. The van der Waals surface area contributed by atoms with Gasteiger partial charge in [0.2, 0.25) is 0 Å². The number of aliphatic carboxylic acids is 2. The summed E-state index contributed by atoms with van der Waals surface area (Å²) in [6, 6.07) is 8.01. The fourth-order valence-corrected chi connectivity index (χ4v) is 8.38. The second-order valence-corrected chi connectivity index (χ2v) is 16.0. The van der Waals surface area contributed by atoms with E-state index >= 15 is 4.39 Å². The minimum Gasteiger partial charge on any atom is -0.488 e. The number of halogens is 10. The van der Waals surface area contributed by atoms with E-state index in [0.717, 1.165) is 6.07 Å². The van der Waals surface area contributed by atoms with Crippen LogP contribution in [0.1, 0.15) is 0 Å². The first-order chi connectivity index (χ1) is 24.4. The van der Waals surface area contributed by atoms with Crippen LogP contribution in [-0.4, -0.2) is 94.3 Å². The van der Waals surface area contributed by atoms with Gasteiger partial charge in [0.05, 0.1) is 5.39 Å². The Hall–Kier alpha value is -3.99. The Balaban J connectivity index is 0.000000879. The fraction of sp³-hybridized carbons (Fsp3) is 0.333. The Morgan fingerprint density at radius 1 is 0.852 bits per heavy atom. The van der Waals surface area contributed by atoms with Gasteiger partial charge in [-0.3, -0.25) is 0 Å². The van der Waals surface area contributed by atoms with E-state index in [1.165, 1.54) is 24.3 Å². The van der Waals surface area contributed by atoms with E-state index in [0.29, 0.717) is 0 Å². The van der Waals surface area contributed by atoms with Crippen LogP contribution in [-0.2, 0) is 34.0 Å². The normalized spacial score (nSPS) is 13.4. The van der Waals surface area contributed by atoms with Crippen LogP contribution in [0, 0.1) is 5.82 Å². The minimum atomic E-state index is -6.37. The molecule has 54 heavy (non-hydrogen) atoms. The van der Waals surface area contributed by atoms with Crippen molar-refractivity contribution in [3.63, 3.8) is 0 Å². The number of benzene rings is 2. The second-order valence-electron chi connectivity index (χ2n) is 9.29. The number of thiophene rings is 1. The lowest BCUT2D eigenvalue weighted by Crippen LogP contribution is -2.26. The largest absolute Gasteiger partial charge is 0.502 e. The maximum atomic E-state index is 15.6. The van der Waals surface area contributed by atoms with Gasteiger partial charge >= 0.3 is 37.4 Å². The minimum absolute atomic E-state index is 0.0456. The zero-order valence-electron chi connectivity index (χ0n) is 26.0. The van der Waals surface area contributed by atoms with Crippen molar-refractivity contribution in [2.45, 2.75) is 27.0 Å². The summed E-state index contributed by atoms with van der Waals surface area (Å²) in [4.78, 5) is 26.1. The van der Waals surface area contributed by atoms with Gasteiger partial charge in [-0.25, -0.2) is 35.4 Å². The third-order valence-electron chi connectivity index (χ3n) is 5.25. The molecular formula is C24H24F10N3O13PS3. The molecule has 2 aromatic carbocycles. The van der Waals surface area contributed by atoms with Gasteiger partial charge < -0.3 is 40.6 Å². The number of carboxylic acids is 2. The molecule has 0 amide bonds. The predicted molar refractivity (Wildman–Crippen MR) is 164 cm³/mol. The molecule has 0 fully saturated rings. The molecule has 0 bridgehead atoms. The first kappa shape index (κ1) is 48.0. The fourth-order valence-electron chi connectivity index (χ4n) is 3.16. The molecule has 1 unspecified atom stereocenters. The summed E-state index contributed by atoms with van der Waals surface area (Å²) in [5, 5.41) is 13.0. The van der Waals surface area contributed by atoms with Crippen molar-refractivity contribution in [2.24, 2.45) is 11.5 Å². The van der Waals surface area contributed by atoms with Gasteiger partial charge in [-0.05, 0) is 12.1 Å². The van der Waals surface area contributed by atoms with Gasteiger partial charge in [-0.1, -0.05) is 18.2 Å². The highest BCUT2D eigenvalue weighted by Crippen LogP contribution is 2.50. The summed E-state index contributed by atoms with van der Waals surface area (Å²) >= 11 is 0.0456. The first-order valence-corrected chi connectivity index (χ1v) is 18.9. The zero-order valence-corrected chi connectivity index (χ0v) is 29.4. The summed E-state index contributed by atoms with van der Waals surface area (Å²) in [5.41, 5.74) is 4.71. The number of nitrogens with one attached hydrogen (secondary N) is 1. The van der Waals surface area contributed by atoms with Crippen LogP contribution in [0.25, 0.3) is 10.1 Å². The van der Waals surface area contributed by atoms with Crippen LogP contribution in [0.4, 0.5) is 43.9 Å². The molecule has 0 saturated carbocycles. The average Bonchev–Trinajstić information content (AvgIpc) is 3.37. The van der Waals surface area contributed by atoms with Crippen molar-refractivity contribution >= 4 is 60.8 Å². The quantitative estimate of drug-likeness (QED) is 0.105. The van der Waals surface area contributed by atoms with Crippen molar-refractivity contribution in [1.29, 1.82) is 0 Å². The second kappa shape index (κ2) is 18.6. The maximum absolute atomic E-state index is 15.6. The van der Waals surface area contributed by atoms with E-state index in [4.69, 9.17) is 45.3 Å². The summed E-state index contributed by atoms with van der Waals surface area (Å²) in [7, 11) is -16.1. The number of carboxylic acid groups (broad SMARTS) is 2. The molecule has 1 heterocycles. The van der Waals surface area contributed by atoms with Crippen molar-refractivity contribution in [1.82, 2.24) is 4.72 Å². The number of sulfonamides is 1. The number of nitrogens with two attached hydrogens (primary N) is 2. The Labute approximate surface area is 299 Å². The van der Waals surface area contributed by atoms with E-state index in [1.54, 1.807) is 10.8 Å². The molecule has 16 nitrogen and oxygen atoms in total. The zero-order chi connectivity index (χ0) is 42.1. The summed E-state index contributed by atoms with van der Waals surface area (Å²) in [6.45, 7) is -1.30. The molecule has 0 aliphatic heterocycles. The van der Waals surface area contributed by atoms with Crippen LogP contribution < -0.4 is 30.2 Å². The van der Waals surface area contributed by atoms with E-state index in [1.807, 2.05) is 0 Å². The molecule has 0 aliphatic rings. The van der Waals surface area contributed by atoms with Crippen molar-refractivity contribution in [3.8, 4) is 17.2 Å². The molecule has 8 N–H and O–H groups in total. The monoisotopic (exact) mass is 879 g/mol. The number of hydrogen-bond acceptors (Lipinski definition) is 13. The van der Waals surface area contributed by atoms with Crippen LogP contribution in [0.3, 0.4) is 0 Å². The highest BCUT2D eigenvalue weighted by atomic mass is 32.2. The lowest BCUT2D eigenvalue weighted by atomic mass is 10.2. The van der Waals surface area contributed by atoms with Crippen molar-refractivity contribution in [2.75, 3.05) is 32.6 Å². The maximum Gasteiger partial charge on any atom is 0.502 e. The Morgan fingerprint density at radius 3 is 1.74 bits per heavy atom. The number of fused-ring (bicyclic) bond motifs is 1. The smallest absolute Gasteiger partial charge is 0.488 e. The number of sulfone groups is 1. The molecule has 0 radical (unpaired) electrons. The number of ether oxygens (including phenoxy) is 2. The number of para-hydroxylation sites is 1. The van der Waals surface area contributed by atoms with Crippen LogP contribution >= 0.6 is 18.9 Å². The van der Waals surface area contributed by atoms with Crippen LogP contribution in [0.5, 0.6) is 17.2 Å². The van der Waals surface area contributed by atoms with E-state index in [9.17, 15) is 65.8 Å². The summed E-state index contributed by atoms with van der Waals surface area (Å²) < 4.78 is 198. The third-order valence-corrected chi connectivity index (χ3v) is 11.1. The average molecular weight is 880 g/mol. The molecule has 0 saturated heterocycles. The summed E-state index contributed by atoms with van der Waals surface area (Å²) in [5.74, 6) is -9.12. The highest BCUT2D eigenvalue weighted by molar-refractivity contribution is 7.93. The molecule has 1 aromatic heterocycles. The van der Waals surface area contributed by atoms with Gasteiger partial charge in [0.15, 0.2) is 21.5 Å². The van der Waals surface area contributed by atoms with Crippen LogP contribution in [0.2, 0.25) is 0 Å². The lowest BCUT2D eigenvalue weighted by Gasteiger charge is -2.18. The molecule has 1 atom stereocenters.